The van der Waals surface area contributed by atoms with Crippen molar-refractivity contribution >= 4 is 17.9 Å². The molecule has 1 unspecified atom stereocenters. The molecule has 0 amide bonds. The number of hydrogen-bond acceptors (Lipinski definition) is 6. The molecule has 1 atom stereocenters. The van der Waals surface area contributed by atoms with E-state index >= 15 is 0 Å². The fourth-order valence-electron chi connectivity index (χ4n) is 9.85. The molecule has 0 aliphatic heterocycles. The van der Waals surface area contributed by atoms with Crippen LogP contribution in [0.4, 0.5) is 0 Å². The van der Waals surface area contributed by atoms with Crippen LogP contribution in [-0.4, -0.2) is 37.2 Å². The van der Waals surface area contributed by atoms with Gasteiger partial charge in [-0.15, -0.1) is 0 Å². The third-order valence-corrected chi connectivity index (χ3v) is 15.0. The molecule has 0 radical (unpaired) electrons. The van der Waals surface area contributed by atoms with Gasteiger partial charge < -0.3 is 14.2 Å². The van der Waals surface area contributed by atoms with Crippen LogP contribution >= 0.6 is 0 Å². The van der Waals surface area contributed by atoms with Gasteiger partial charge in [0, 0.05) is 19.3 Å². The fraction of sp³-hybridized carbons (Fsp3) is 0.747. The van der Waals surface area contributed by atoms with E-state index in [1.54, 1.807) is 0 Å². The minimum Gasteiger partial charge on any atom is -0.462 e. The zero-order valence-corrected chi connectivity index (χ0v) is 53.5. The number of hydrogen-bond donors (Lipinski definition) is 0. The molecular weight excluding hydrogens is 997 g/mol. The number of esters is 3. The highest BCUT2D eigenvalue weighted by atomic mass is 16.6. The average Bonchev–Trinajstić information content (AvgIpc) is 3.47. The molecule has 6 nitrogen and oxygen atoms in total. The molecule has 0 spiro atoms. The number of ether oxygens (including phenoxy) is 3. The van der Waals surface area contributed by atoms with Crippen LogP contribution in [0, 0.1) is 0 Å². The van der Waals surface area contributed by atoms with E-state index in [0.29, 0.717) is 19.3 Å². The second-order valence-corrected chi connectivity index (χ2v) is 23.1. The second-order valence-electron chi connectivity index (χ2n) is 23.1. The molecular formula is C75H130O6. The van der Waals surface area contributed by atoms with E-state index < -0.39 is 6.10 Å². The van der Waals surface area contributed by atoms with Crippen molar-refractivity contribution in [2.75, 3.05) is 13.2 Å². The lowest BCUT2D eigenvalue weighted by molar-refractivity contribution is -0.167. The Morgan fingerprint density at radius 3 is 0.790 bits per heavy atom. The average molecular weight is 1130 g/mol. The standard InChI is InChI=1S/C75H130O6/c1-4-7-10-13-16-19-22-25-28-30-32-33-34-35-36-37-38-39-40-41-43-44-47-50-53-56-59-62-65-68-74(77)80-71-72(70-79-73(76)67-64-61-58-55-52-49-46-27-24-21-18-15-12-9-6-3)81-75(78)69-66-63-60-57-54-51-48-45-42-31-29-26-23-20-17-14-11-8-5-2/h7,10,16-17,19-20,25-29,32-33,42,45-46,72H,4-6,8-9,11-15,18,21-24,30-31,34-41,43-44,47-71H2,1-3H3/b10-7-,19-16-,20-17-,28-25-,29-26-,33-32-,45-42-,46-27-. The first-order valence-corrected chi connectivity index (χ1v) is 34.7. The quantitative estimate of drug-likeness (QED) is 0.0261. The topological polar surface area (TPSA) is 78.9 Å². The summed E-state index contributed by atoms with van der Waals surface area (Å²) in [5.41, 5.74) is 0. The molecule has 0 N–H and O–H groups in total. The van der Waals surface area contributed by atoms with E-state index in [-0.39, 0.29) is 31.1 Å². The van der Waals surface area contributed by atoms with E-state index in [1.807, 2.05) is 0 Å². The van der Waals surface area contributed by atoms with Crippen molar-refractivity contribution < 1.29 is 28.6 Å². The Bertz CT molecular complexity index is 1580. The maximum atomic E-state index is 12.9. The first-order valence-electron chi connectivity index (χ1n) is 34.7. The Hall–Kier alpha value is -3.67. The molecule has 0 saturated heterocycles. The van der Waals surface area contributed by atoms with Crippen molar-refractivity contribution in [2.24, 2.45) is 0 Å². The zero-order valence-electron chi connectivity index (χ0n) is 53.5. The molecule has 0 aliphatic carbocycles. The summed E-state index contributed by atoms with van der Waals surface area (Å²) in [7, 11) is 0. The van der Waals surface area contributed by atoms with Crippen LogP contribution < -0.4 is 0 Å². The second kappa shape index (κ2) is 68.8. The normalized spacial score (nSPS) is 12.7. The SMILES string of the molecule is CC/C=C\C/C=C\C/C=C\C/C=C\CCCCCCCCCCCCCCCCCCC(=O)OCC(COC(=O)CCCCCCC/C=C\CCCCCCCC)OC(=O)CCCCCCCC/C=C\C/C=C\C/C=C\CCCCC. The minimum absolute atomic E-state index is 0.0830. The van der Waals surface area contributed by atoms with Gasteiger partial charge in [0.25, 0.3) is 0 Å². The Labute approximate surface area is 502 Å². The molecule has 6 heteroatoms. The smallest absolute Gasteiger partial charge is 0.306 e. The maximum Gasteiger partial charge on any atom is 0.306 e. The molecule has 81 heavy (non-hydrogen) atoms. The summed E-state index contributed by atoms with van der Waals surface area (Å²) in [4.78, 5) is 38.4. The molecule has 0 aromatic carbocycles. The molecule has 0 aromatic rings. The van der Waals surface area contributed by atoms with Crippen molar-refractivity contribution in [3.05, 3.63) is 97.2 Å². The zero-order chi connectivity index (χ0) is 58.5. The van der Waals surface area contributed by atoms with Gasteiger partial charge in [0.05, 0.1) is 0 Å². The van der Waals surface area contributed by atoms with E-state index in [9.17, 15) is 14.4 Å². The van der Waals surface area contributed by atoms with Crippen molar-refractivity contribution in [3.8, 4) is 0 Å². The number of allylic oxidation sites excluding steroid dienone is 16. The lowest BCUT2D eigenvalue weighted by atomic mass is 10.0. The monoisotopic (exact) mass is 1130 g/mol. The predicted molar refractivity (Wildman–Crippen MR) is 353 cm³/mol. The van der Waals surface area contributed by atoms with Crippen LogP contribution in [0.5, 0.6) is 0 Å². The van der Waals surface area contributed by atoms with Gasteiger partial charge in [-0.25, -0.2) is 0 Å². The van der Waals surface area contributed by atoms with Gasteiger partial charge in [-0.2, -0.15) is 0 Å². The number of carbonyl (C=O) groups excluding carboxylic acids is 3. The highest BCUT2D eigenvalue weighted by Crippen LogP contribution is 2.17. The summed E-state index contributed by atoms with van der Waals surface area (Å²) in [5.74, 6) is -0.889. The summed E-state index contributed by atoms with van der Waals surface area (Å²) in [6.45, 7) is 6.52. The summed E-state index contributed by atoms with van der Waals surface area (Å²) in [6.07, 6.45) is 92.8. The highest BCUT2D eigenvalue weighted by molar-refractivity contribution is 5.71. The molecule has 0 aliphatic rings. The molecule has 0 saturated carbocycles. The summed E-state index contributed by atoms with van der Waals surface area (Å²) >= 11 is 0. The van der Waals surface area contributed by atoms with Crippen LogP contribution in [0.2, 0.25) is 0 Å². The van der Waals surface area contributed by atoms with Crippen molar-refractivity contribution in [2.45, 2.75) is 348 Å². The van der Waals surface area contributed by atoms with E-state index in [4.69, 9.17) is 14.2 Å². The van der Waals surface area contributed by atoms with Crippen LogP contribution in [0.25, 0.3) is 0 Å². The Balaban J connectivity index is 4.29. The van der Waals surface area contributed by atoms with Gasteiger partial charge in [-0.1, -0.05) is 298 Å². The van der Waals surface area contributed by atoms with Gasteiger partial charge in [-0.3, -0.25) is 14.4 Å². The van der Waals surface area contributed by atoms with Crippen LogP contribution in [0.15, 0.2) is 97.2 Å². The molecule has 0 fully saturated rings. The highest BCUT2D eigenvalue weighted by Gasteiger charge is 2.19. The van der Waals surface area contributed by atoms with Gasteiger partial charge in [0.15, 0.2) is 6.10 Å². The summed E-state index contributed by atoms with van der Waals surface area (Å²) < 4.78 is 17.0. The van der Waals surface area contributed by atoms with Crippen molar-refractivity contribution in [1.82, 2.24) is 0 Å². The molecule has 0 rings (SSSR count). The summed E-state index contributed by atoms with van der Waals surface area (Å²) in [5, 5.41) is 0. The van der Waals surface area contributed by atoms with Crippen LogP contribution in [0.3, 0.4) is 0 Å². The lowest BCUT2D eigenvalue weighted by Gasteiger charge is -2.18. The number of carbonyl (C=O) groups is 3. The van der Waals surface area contributed by atoms with Gasteiger partial charge in [-0.05, 0) is 122 Å². The van der Waals surface area contributed by atoms with Gasteiger partial charge >= 0.3 is 17.9 Å². The maximum absolute atomic E-state index is 12.9. The Morgan fingerprint density at radius 2 is 0.481 bits per heavy atom. The van der Waals surface area contributed by atoms with Gasteiger partial charge in [0.2, 0.25) is 0 Å². The van der Waals surface area contributed by atoms with Crippen LogP contribution in [0.1, 0.15) is 342 Å². The fourth-order valence-corrected chi connectivity index (χ4v) is 9.85. The number of rotatable bonds is 63. The molecule has 0 aromatic heterocycles. The largest absolute Gasteiger partial charge is 0.462 e. The molecule has 0 bridgehead atoms. The lowest BCUT2D eigenvalue weighted by Crippen LogP contribution is -2.30. The number of unbranched alkanes of at least 4 members (excludes halogenated alkanes) is 36. The third kappa shape index (κ3) is 67.0. The van der Waals surface area contributed by atoms with Crippen molar-refractivity contribution in [3.63, 3.8) is 0 Å². The van der Waals surface area contributed by atoms with E-state index in [0.717, 1.165) is 116 Å². The third-order valence-electron chi connectivity index (χ3n) is 15.0. The van der Waals surface area contributed by atoms with Crippen molar-refractivity contribution in [1.29, 1.82) is 0 Å². The van der Waals surface area contributed by atoms with Crippen LogP contribution in [-0.2, 0) is 28.6 Å². The first-order chi connectivity index (χ1) is 40.0. The van der Waals surface area contributed by atoms with Gasteiger partial charge in [0.1, 0.15) is 13.2 Å². The summed E-state index contributed by atoms with van der Waals surface area (Å²) in [6, 6.07) is 0. The molecule has 466 valence electrons. The van der Waals surface area contributed by atoms with E-state index in [2.05, 4.69) is 118 Å². The Kier molecular flexibility index (Phi) is 65.7. The first kappa shape index (κ1) is 77.3. The predicted octanol–water partition coefficient (Wildman–Crippen LogP) is 24.0. The van der Waals surface area contributed by atoms with E-state index in [1.165, 1.54) is 186 Å². The minimum atomic E-state index is -0.789. The Morgan fingerprint density at radius 1 is 0.259 bits per heavy atom. The molecule has 0 heterocycles.